The SMILES string of the molecule is CCC(O)COc1ccc(F)cc1Cl. The van der Waals surface area contributed by atoms with Gasteiger partial charge in [0.2, 0.25) is 0 Å². The van der Waals surface area contributed by atoms with Crippen LogP contribution in [0.3, 0.4) is 0 Å². The van der Waals surface area contributed by atoms with Gasteiger partial charge in [-0.2, -0.15) is 0 Å². The van der Waals surface area contributed by atoms with Crippen molar-refractivity contribution in [3.8, 4) is 5.75 Å². The fourth-order valence-electron chi connectivity index (χ4n) is 0.896. The van der Waals surface area contributed by atoms with Gasteiger partial charge in [-0.1, -0.05) is 18.5 Å². The van der Waals surface area contributed by atoms with Gasteiger partial charge >= 0.3 is 0 Å². The fourth-order valence-corrected chi connectivity index (χ4v) is 1.12. The van der Waals surface area contributed by atoms with Crippen LogP contribution >= 0.6 is 11.6 Å². The van der Waals surface area contributed by atoms with Crippen LogP contribution in [0, 0.1) is 5.82 Å². The lowest BCUT2D eigenvalue weighted by Crippen LogP contribution is -2.16. The summed E-state index contributed by atoms with van der Waals surface area (Å²) in [4.78, 5) is 0. The van der Waals surface area contributed by atoms with E-state index in [1.54, 1.807) is 0 Å². The number of aliphatic hydroxyl groups is 1. The van der Waals surface area contributed by atoms with Gasteiger partial charge in [-0.25, -0.2) is 4.39 Å². The third kappa shape index (κ3) is 3.16. The molecule has 0 heterocycles. The Morgan fingerprint density at radius 2 is 2.29 bits per heavy atom. The summed E-state index contributed by atoms with van der Waals surface area (Å²) in [6.45, 7) is 2.02. The molecule has 0 bridgehead atoms. The number of hydrogen-bond acceptors (Lipinski definition) is 2. The molecule has 78 valence electrons. The quantitative estimate of drug-likeness (QED) is 0.842. The minimum Gasteiger partial charge on any atom is -0.489 e. The molecule has 1 atom stereocenters. The standard InChI is InChI=1S/C10H12ClFO2/c1-2-8(13)6-14-10-4-3-7(12)5-9(10)11/h3-5,8,13H,2,6H2,1H3. The van der Waals surface area contributed by atoms with Gasteiger partial charge in [-0.3, -0.25) is 0 Å². The van der Waals surface area contributed by atoms with Crippen molar-refractivity contribution in [3.63, 3.8) is 0 Å². The Labute approximate surface area is 87.3 Å². The molecule has 1 unspecified atom stereocenters. The van der Waals surface area contributed by atoms with Gasteiger partial charge in [0.25, 0.3) is 0 Å². The van der Waals surface area contributed by atoms with Crippen LogP contribution in [0.2, 0.25) is 5.02 Å². The average molecular weight is 219 g/mol. The zero-order valence-corrected chi connectivity index (χ0v) is 8.59. The number of halogens is 2. The second-order valence-electron chi connectivity index (χ2n) is 2.95. The fraction of sp³-hybridized carbons (Fsp3) is 0.400. The predicted molar refractivity (Wildman–Crippen MR) is 53.2 cm³/mol. The first-order valence-electron chi connectivity index (χ1n) is 4.39. The second kappa shape index (κ2) is 5.17. The molecule has 0 saturated heterocycles. The summed E-state index contributed by atoms with van der Waals surface area (Å²) < 4.78 is 17.8. The number of aliphatic hydroxyl groups excluding tert-OH is 1. The highest BCUT2D eigenvalue weighted by molar-refractivity contribution is 6.32. The van der Waals surface area contributed by atoms with Crippen molar-refractivity contribution in [1.29, 1.82) is 0 Å². The van der Waals surface area contributed by atoms with Crippen LogP contribution in [0.5, 0.6) is 5.75 Å². The molecule has 1 N–H and O–H groups in total. The summed E-state index contributed by atoms with van der Waals surface area (Å²) in [7, 11) is 0. The first-order valence-corrected chi connectivity index (χ1v) is 4.77. The van der Waals surface area contributed by atoms with E-state index in [9.17, 15) is 9.50 Å². The molecule has 0 fully saturated rings. The minimum absolute atomic E-state index is 0.169. The normalized spacial score (nSPS) is 12.6. The third-order valence-electron chi connectivity index (χ3n) is 1.80. The first kappa shape index (κ1) is 11.3. The number of rotatable bonds is 4. The lowest BCUT2D eigenvalue weighted by Gasteiger charge is -2.11. The van der Waals surface area contributed by atoms with Gasteiger partial charge in [0.05, 0.1) is 11.1 Å². The van der Waals surface area contributed by atoms with Crippen molar-refractivity contribution < 1.29 is 14.2 Å². The summed E-state index contributed by atoms with van der Waals surface area (Å²) >= 11 is 5.71. The van der Waals surface area contributed by atoms with E-state index in [1.807, 2.05) is 6.92 Å². The molecule has 0 radical (unpaired) electrons. The van der Waals surface area contributed by atoms with Crippen molar-refractivity contribution in [2.75, 3.05) is 6.61 Å². The molecule has 1 aromatic carbocycles. The molecule has 0 spiro atoms. The summed E-state index contributed by atoms with van der Waals surface area (Å²) in [6, 6.07) is 3.88. The molecular formula is C10H12ClFO2. The molecule has 1 aromatic rings. The third-order valence-corrected chi connectivity index (χ3v) is 2.09. The minimum atomic E-state index is -0.517. The number of hydrogen-bond donors (Lipinski definition) is 1. The molecule has 0 saturated carbocycles. The van der Waals surface area contributed by atoms with Gasteiger partial charge in [0, 0.05) is 0 Å². The van der Waals surface area contributed by atoms with Crippen LogP contribution in [0.1, 0.15) is 13.3 Å². The summed E-state index contributed by atoms with van der Waals surface area (Å²) in [5, 5.41) is 9.44. The maximum absolute atomic E-state index is 12.6. The van der Waals surface area contributed by atoms with Crippen LogP contribution in [-0.4, -0.2) is 17.8 Å². The molecule has 2 nitrogen and oxygen atoms in total. The second-order valence-corrected chi connectivity index (χ2v) is 3.36. The molecule has 1 rings (SSSR count). The van der Waals surface area contributed by atoms with Crippen LogP contribution in [0.4, 0.5) is 4.39 Å². The van der Waals surface area contributed by atoms with Gasteiger partial charge in [0.1, 0.15) is 18.2 Å². The summed E-state index contributed by atoms with van der Waals surface area (Å²) in [5.74, 6) is -0.0149. The topological polar surface area (TPSA) is 29.5 Å². The zero-order chi connectivity index (χ0) is 10.6. The van der Waals surface area contributed by atoms with E-state index in [4.69, 9.17) is 16.3 Å². The Bertz CT molecular complexity index is 304. The van der Waals surface area contributed by atoms with E-state index in [-0.39, 0.29) is 11.6 Å². The van der Waals surface area contributed by atoms with Crippen molar-refractivity contribution >= 4 is 11.6 Å². The van der Waals surface area contributed by atoms with Gasteiger partial charge < -0.3 is 9.84 Å². The summed E-state index contributed by atoms with van der Waals surface area (Å²) in [5.41, 5.74) is 0. The van der Waals surface area contributed by atoms with Crippen LogP contribution in [-0.2, 0) is 0 Å². The van der Waals surface area contributed by atoms with Gasteiger partial charge in [-0.05, 0) is 24.6 Å². The van der Waals surface area contributed by atoms with E-state index in [2.05, 4.69) is 0 Å². The van der Waals surface area contributed by atoms with Gasteiger partial charge in [0.15, 0.2) is 0 Å². The average Bonchev–Trinajstić information content (AvgIpc) is 2.16. The van der Waals surface area contributed by atoms with E-state index in [0.29, 0.717) is 12.2 Å². The molecule has 0 aliphatic heterocycles. The first-order chi connectivity index (χ1) is 6.63. The van der Waals surface area contributed by atoms with E-state index in [0.717, 1.165) is 0 Å². The molecule has 0 amide bonds. The number of ether oxygens (including phenoxy) is 1. The van der Waals surface area contributed by atoms with E-state index in [1.165, 1.54) is 18.2 Å². The monoisotopic (exact) mass is 218 g/mol. The Kier molecular flexibility index (Phi) is 4.17. The largest absolute Gasteiger partial charge is 0.489 e. The molecule has 14 heavy (non-hydrogen) atoms. The smallest absolute Gasteiger partial charge is 0.138 e. The van der Waals surface area contributed by atoms with Crippen LogP contribution < -0.4 is 4.74 Å². The van der Waals surface area contributed by atoms with Crippen molar-refractivity contribution in [3.05, 3.63) is 29.0 Å². The van der Waals surface area contributed by atoms with Crippen LogP contribution in [0.15, 0.2) is 18.2 Å². The van der Waals surface area contributed by atoms with Crippen LogP contribution in [0.25, 0.3) is 0 Å². The van der Waals surface area contributed by atoms with E-state index >= 15 is 0 Å². The molecule has 0 aromatic heterocycles. The molecule has 0 aliphatic rings. The number of benzene rings is 1. The lowest BCUT2D eigenvalue weighted by atomic mass is 10.3. The van der Waals surface area contributed by atoms with Crippen molar-refractivity contribution in [2.45, 2.75) is 19.4 Å². The Morgan fingerprint density at radius 3 is 2.86 bits per heavy atom. The van der Waals surface area contributed by atoms with Gasteiger partial charge in [-0.15, -0.1) is 0 Å². The van der Waals surface area contributed by atoms with Crippen molar-refractivity contribution in [2.24, 2.45) is 0 Å². The Balaban J connectivity index is 2.59. The maximum atomic E-state index is 12.6. The molecular weight excluding hydrogens is 207 g/mol. The zero-order valence-electron chi connectivity index (χ0n) is 7.84. The lowest BCUT2D eigenvalue weighted by molar-refractivity contribution is 0.104. The highest BCUT2D eigenvalue weighted by Crippen LogP contribution is 2.24. The van der Waals surface area contributed by atoms with Crippen molar-refractivity contribution in [1.82, 2.24) is 0 Å². The summed E-state index contributed by atoms with van der Waals surface area (Å²) in [6.07, 6.45) is 0.0925. The highest BCUT2D eigenvalue weighted by atomic mass is 35.5. The van der Waals surface area contributed by atoms with E-state index < -0.39 is 11.9 Å². The maximum Gasteiger partial charge on any atom is 0.138 e. The molecule has 4 heteroatoms. The Morgan fingerprint density at radius 1 is 1.57 bits per heavy atom. The highest BCUT2D eigenvalue weighted by Gasteiger charge is 2.05. The Hall–Kier alpha value is -0.800. The predicted octanol–water partition coefficient (Wildman–Crippen LogP) is 2.63. The molecule has 0 aliphatic carbocycles.